The summed E-state index contributed by atoms with van der Waals surface area (Å²) in [4.78, 5) is 14.9. The van der Waals surface area contributed by atoms with Gasteiger partial charge in [0.2, 0.25) is 5.91 Å². The van der Waals surface area contributed by atoms with Gasteiger partial charge in [0.1, 0.15) is 6.42 Å². The normalized spacial score (nSPS) is 17.2. The molecule has 1 aliphatic rings. The lowest BCUT2D eigenvalue weighted by Gasteiger charge is -2.35. The number of alkyl halides is 3. The first kappa shape index (κ1) is 14.8. The van der Waals surface area contributed by atoms with E-state index in [9.17, 15) is 18.0 Å². The van der Waals surface area contributed by atoms with Gasteiger partial charge in [-0.2, -0.15) is 13.2 Å². The molecule has 3 nitrogen and oxygen atoms in total. The van der Waals surface area contributed by atoms with Gasteiger partial charge in [0.15, 0.2) is 0 Å². The summed E-state index contributed by atoms with van der Waals surface area (Å²) >= 11 is 0. The Hall–Kier alpha value is -1.56. The maximum absolute atomic E-state index is 12.2. The van der Waals surface area contributed by atoms with E-state index in [1.54, 1.807) is 0 Å². The molecule has 1 aliphatic heterocycles. The minimum absolute atomic E-state index is 0.363. The first-order valence-corrected chi connectivity index (χ1v) is 6.55. The fraction of sp³-hybridized carbons (Fsp3) is 0.500. The van der Waals surface area contributed by atoms with Crippen molar-refractivity contribution >= 4 is 5.91 Å². The quantitative estimate of drug-likeness (QED) is 0.851. The summed E-state index contributed by atoms with van der Waals surface area (Å²) in [6, 6.07) is 9.89. The summed E-state index contributed by atoms with van der Waals surface area (Å²) in [6.07, 6.45) is -5.77. The predicted octanol–water partition coefficient (Wildman–Crippen LogP) is 2.28. The number of nitrogens with zero attached hydrogens (tertiary/aromatic N) is 2. The predicted molar refractivity (Wildman–Crippen MR) is 69.0 cm³/mol. The second-order valence-electron chi connectivity index (χ2n) is 4.93. The Morgan fingerprint density at radius 3 is 2.20 bits per heavy atom. The molecule has 110 valence electrons. The third-order valence-electron chi connectivity index (χ3n) is 3.33. The molecule has 0 N–H and O–H groups in total. The third kappa shape index (κ3) is 4.52. The molecular weight excluding hydrogens is 269 g/mol. The molecule has 1 saturated heterocycles. The number of halogens is 3. The van der Waals surface area contributed by atoms with Crippen molar-refractivity contribution in [3.05, 3.63) is 35.9 Å². The summed E-state index contributed by atoms with van der Waals surface area (Å²) in [5.74, 6) is -0.822. The van der Waals surface area contributed by atoms with Crippen molar-refractivity contribution in [2.75, 3.05) is 26.2 Å². The van der Waals surface area contributed by atoms with E-state index in [-0.39, 0.29) is 0 Å². The molecule has 1 aromatic carbocycles. The Balaban J connectivity index is 1.79. The SMILES string of the molecule is O=C(CC(F)(F)F)N1CCN(Cc2ccccc2)CC1. The third-order valence-corrected chi connectivity index (χ3v) is 3.33. The summed E-state index contributed by atoms with van der Waals surface area (Å²) in [5, 5.41) is 0. The average Bonchev–Trinajstić information content (AvgIpc) is 2.39. The molecule has 0 aliphatic carbocycles. The molecule has 1 aromatic rings. The number of rotatable bonds is 3. The molecule has 0 saturated carbocycles. The second-order valence-corrected chi connectivity index (χ2v) is 4.93. The Bertz CT molecular complexity index is 439. The molecular formula is C14H17F3N2O. The molecule has 1 amide bonds. The highest BCUT2D eigenvalue weighted by Gasteiger charge is 2.34. The van der Waals surface area contributed by atoms with Crippen LogP contribution >= 0.6 is 0 Å². The fourth-order valence-corrected chi connectivity index (χ4v) is 2.28. The van der Waals surface area contributed by atoms with Gasteiger partial charge < -0.3 is 4.90 Å². The Labute approximate surface area is 116 Å². The standard InChI is InChI=1S/C14H17F3N2O/c15-14(16,17)10-13(20)19-8-6-18(7-9-19)11-12-4-2-1-3-5-12/h1-5H,6-11H2. The van der Waals surface area contributed by atoms with Crippen LogP contribution in [0.1, 0.15) is 12.0 Å². The van der Waals surface area contributed by atoms with E-state index in [4.69, 9.17) is 0 Å². The fourth-order valence-electron chi connectivity index (χ4n) is 2.28. The molecule has 0 spiro atoms. The van der Waals surface area contributed by atoms with Crippen LogP contribution in [-0.2, 0) is 11.3 Å². The molecule has 0 unspecified atom stereocenters. The summed E-state index contributed by atoms with van der Waals surface area (Å²) in [5.41, 5.74) is 1.17. The number of carbonyl (C=O) groups is 1. The van der Waals surface area contributed by atoms with Crippen molar-refractivity contribution < 1.29 is 18.0 Å². The van der Waals surface area contributed by atoms with Gasteiger partial charge in [-0.25, -0.2) is 0 Å². The highest BCUT2D eigenvalue weighted by molar-refractivity contribution is 5.76. The lowest BCUT2D eigenvalue weighted by Crippen LogP contribution is -2.49. The van der Waals surface area contributed by atoms with Gasteiger partial charge >= 0.3 is 6.18 Å². The van der Waals surface area contributed by atoms with Crippen LogP contribution in [0.15, 0.2) is 30.3 Å². The van der Waals surface area contributed by atoms with E-state index in [0.717, 1.165) is 6.54 Å². The average molecular weight is 286 g/mol. The van der Waals surface area contributed by atoms with Crippen molar-refractivity contribution in [3.63, 3.8) is 0 Å². The number of carbonyl (C=O) groups excluding carboxylic acids is 1. The maximum atomic E-state index is 12.2. The molecule has 6 heteroatoms. The number of hydrogen-bond donors (Lipinski definition) is 0. The van der Waals surface area contributed by atoms with Crippen molar-refractivity contribution in [1.29, 1.82) is 0 Å². The zero-order valence-corrected chi connectivity index (χ0v) is 11.1. The number of hydrogen-bond acceptors (Lipinski definition) is 2. The van der Waals surface area contributed by atoms with E-state index in [0.29, 0.717) is 26.2 Å². The Kier molecular flexibility index (Phi) is 4.65. The van der Waals surface area contributed by atoms with Gasteiger partial charge in [-0.3, -0.25) is 9.69 Å². The van der Waals surface area contributed by atoms with Crippen LogP contribution in [0.4, 0.5) is 13.2 Å². The number of benzene rings is 1. The second kappa shape index (κ2) is 6.26. The van der Waals surface area contributed by atoms with Crippen molar-refractivity contribution in [2.24, 2.45) is 0 Å². The minimum atomic E-state index is -4.42. The molecule has 0 atom stereocenters. The van der Waals surface area contributed by atoms with Crippen LogP contribution in [0.3, 0.4) is 0 Å². The van der Waals surface area contributed by atoms with Crippen LogP contribution in [0.2, 0.25) is 0 Å². The largest absolute Gasteiger partial charge is 0.397 e. The van der Waals surface area contributed by atoms with Gasteiger partial charge in [0.25, 0.3) is 0 Å². The Morgan fingerprint density at radius 1 is 1.05 bits per heavy atom. The monoisotopic (exact) mass is 286 g/mol. The van der Waals surface area contributed by atoms with E-state index in [2.05, 4.69) is 4.90 Å². The minimum Gasteiger partial charge on any atom is -0.340 e. The number of piperazine rings is 1. The highest BCUT2D eigenvalue weighted by Crippen LogP contribution is 2.21. The van der Waals surface area contributed by atoms with Gasteiger partial charge in [-0.15, -0.1) is 0 Å². The van der Waals surface area contributed by atoms with E-state index in [1.165, 1.54) is 10.5 Å². The van der Waals surface area contributed by atoms with Crippen LogP contribution in [-0.4, -0.2) is 48.1 Å². The first-order chi connectivity index (χ1) is 9.44. The summed E-state index contributed by atoms with van der Waals surface area (Å²) < 4.78 is 36.5. The van der Waals surface area contributed by atoms with Crippen LogP contribution in [0.25, 0.3) is 0 Å². The van der Waals surface area contributed by atoms with Gasteiger partial charge in [-0.1, -0.05) is 30.3 Å². The zero-order valence-electron chi connectivity index (χ0n) is 11.1. The summed E-state index contributed by atoms with van der Waals surface area (Å²) in [7, 11) is 0. The lowest BCUT2D eigenvalue weighted by molar-refractivity contribution is -0.162. The van der Waals surface area contributed by atoms with Crippen molar-refractivity contribution in [1.82, 2.24) is 9.80 Å². The zero-order chi connectivity index (χ0) is 14.6. The molecule has 1 heterocycles. The van der Waals surface area contributed by atoms with Crippen molar-refractivity contribution in [3.8, 4) is 0 Å². The Morgan fingerprint density at radius 2 is 1.65 bits per heavy atom. The number of amides is 1. The molecule has 2 rings (SSSR count). The molecule has 0 bridgehead atoms. The van der Waals surface area contributed by atoms with Crippen molar-refractivity contribution in [2.45, 2.75) is 19.1 Å². The van der Waals surface area contributed by atoms with Gasteiger partial charge in [-0.05, 0) is 5.56 Å². The molecule has 1 fully saturated rings. The van der Waals surface area contributed by atoms with E-state index in [1.807, 2.05) is 30.3 Å². The van der Waals surface area contributed by atoms with E-state index >= 15 is 0 Å². The van der Waals surface area contributed by atoms with Crippen LogP contribution in [0, 0.1) is 0 Å². The highest BCUT2D eigenvalue weighted by atomic mass is 19.4. The molecule has 0 aromatic heterocycles. The lowest BCUT2D eigenvalue weighted by atomic mass is 10.2. The summed E-state index contributed by atoms with van der Waals surface area (Å²) in [6.45, 7) is 2.71. The first-order valence-electron chi connectivity index (χ1n) is 6.55. The topological polar surface area (TPSA) is 23.6 Å². The van der Waals surface area contributed by atoms with Gasteiger partial charge in [0.05, 0.1) is 0 Å². The van der Waals surface area contributed by atoms with Crippen LogP contribution < -0.4 is 0 Å². The molecule has 0 radical (unpaired) electrons. The van der Waals surface area contributed by atoms with E-state index < -0.39 is 18.5 Å². The van der Waals surface area contributed by atoms with Gasteiger partial charge in [0, 0.05) is 32.7 Å². The maximum Gasteiger partial charge on any atom is 0.397 e. The molecule has 20 heavy (non-hydrogen) atoms. The smallest absolute Gasteiger partial charge is 0.340 e. The van der Waals surface area contributed by atoms with Crippen LogP contribution in [0.5, 0.6) is 0 Å².